The fraction of sp³-hybridized carbons (Fsp3) is 0.143. The summed E-state index contributed by atoms with van der Waals surface area (Å²) in [6, 6.07) is 15.7. The van der Waals surface area contributed by atoms with Crippen molar-refractivity contribution in [3.05, 3.63) is 71.5 Å². The molecule has 2 heteroatoms. The van der Waals surface area contributed by atoms with Gasteiger partial charge in [-0.05, 0) is 23.3 Å². The molecule has 0 unspecified atom stereocenters. The number of hydrogen-bond donors (Lipinski definition) is 1. The summed E-state index contributed by atoms with van der Waals surface area (Å²) in [6.07, 6.45) is -0.0325. The van der Waals surface area contributed by atoms with E-state index < -0.39 is 6.10 Å². The largest absolute Gasteiger partial charge is 0.388 e. The molecule has 1 N–H and O–H groups in total. The molecule has 0 fully saturated rings. The normalized spacial score (nSPS) is 12.4. The van der Waals surface area contributed by atoms with E-state index in [1.165, 1.54) is 12.1 Å². The summed E-state index contributed by atoms with van der Waals surface area (Å²) in [6.45, 7) is 0. The lowest BCUT2D eigenvalue weighted by atomic mass is 10.0. The van der Waals surface area contributed by atoms with E-state index in [0.29, 0.717) is 6.42 Å². The lowest BCUT2D eigenvalue weighted by Gasteiger charge is -2.10. The summed E-state index contributed by atoms with van der Waals surface area (Å²) in [5.74, 6) is -0.282. The van der Waals surface area contributed by atoms with Crippen molar-refractivity contribution in [1.29, 1.82) is 0 Å². The van der Waals surface area contributed by atoms with Crippen molar-refractivity contribution in [2.24, 2.45) is 0 Å². The van der Waals surface area contributed by atoms with Crippen LogP contribution in [0.2, 0.25) is 0 Å². The molecule has 0 saturated carbocycles. The van der Waals surface area contributed by atoms with Crippen LogP contribution in [0.1, 0.15) is 17.2 Å². The molecule has 0 heterocycles. The van der Waals surface area contributed by atoms with Gasteiger partial charge in [-0.15, -0.1) is 0 Å². The molecule has 1 nitrogen and oxygen atoms in total. The zero-order chi connectivity index (χ0) is 11.4. The lowest BCUT2D eigenvalue weighted by molar-refractivity contribution is 0.178. The maximum atomic E-state index is 12.7. The van der Waals surface area contributed by atoms with E-state index in [1.807, 2.05) is 30.3 Å². The van der Waals surface area contributed by atoms with Gasteiger partial charge in [-0.2, -0.15) is 0 Å². The molecule has 0 bridgehead atoms. The highest BCUT2D eigenvalue weighted by molar-refractivity contribution is 5.22. The summed E-state index contributed by atoms with van der Waals surface area (Å²) in [4.78, 5) is 0. The predicted octanol–water partition coefficient (Wildman–Crippen LogP) is 3.10. The zero-order valence-electron chi connectivity index (χ0n) is 8.81. The third-order valence-electron chi connectivity index (χ3n) is 2.53. The van der Waals surface area contributed by atoms with Gasteiger partial charge in [0.1, 0.15) is 5.82 Å². The number of halogens is 1. The molecule has 0 aliphatic rings. The summed E-state index contributed by atoms with van der Waals surface area (Å²) in [5, 5.41) is 9.94. The van der Waals surface area contributed by atoms with Crippen molar-refractivity contribution in [3.63, 3.8) is 0 Å². The van der Waals surface area contributed by atoms with Crippen molar-refractivity contribution in [1.82, 2.24) is 0 Å². The smallest absolute Gasteiger partial charge is 0.123 e. The molecule has 0 saturated heterocycles. The maximum absolute atomic E-state index is 12.7. The molecule has 0 aliphatic carbocycles. The average Bonchev–Trinajstić information content (AvgIpc) is 2.31. The Morgan fingerprint density at radius 3 is 2.19 bits per heavy atom. The van der Waals surface area contributed by atoms with E-state index in [2.05, 4.69) is 0 Å². The van der Waals surface area contributed by atoms with E-state index in [1.54, 1.807) is 12.1 Å². The molecule has 0 spiro atoms. The molecule has 1 atom stereocenters. The second kappa shape index (κ2) is 4.90. The summed E-state index contributed by atoms with van der Waals surface area (Å²) in [5.41, 5.74) is 1.81. The van der Waals surface area contributed by atoms with Crippen LogP contribution in [0.25, 0.3) is 0 Å². The van der Waals surface area contributed by atoms with Gasteiger partial charge >= 0.3 is 0 Å². The van der Waals surface area contributed by atoms with E-state index in [-0.39, 0.29) is 5.82 Å². The Hall–Kier alpha value is -1.67. The third-order valence-corrected chi connectivity index (χ3v) is 2.53. The molecule has 0 aromatic heterocycles. The zero-order valence-corrected chi connectivity index (χ0v) is 8.81. The van der Waals surface area contributed by atoms with E-state index >= 15 is 0 Å². The van der Waals surface area contributed by atoms with Crippen LogP contribution < -0.4 is 0 Å². The maximum Gasteiger partial charge on any atom is 0.123 e. The molecule has 2 rings (SSSR count). The van der Waals surface area contributed by atoms with Crippen LogP contribution >= 0.6 is 0 Å². The highest BCUT2D eigenvalue weighted by Crippen LogP contribution is 2.18. The van der Waals surface area contributed by atoms with Gasteiger partial charge in [0.05, 0.1) is 6.10 Å². The molecule has 2 aromatic carbocycles. The SMILES string of the molecule is O[C@H](Cc1ccccc1)c1ccc(F)cc1. The molecule has 0 aliphatic heterocycles. The monoisotopic (exact) mass is 216 g/mol. The first kappa shape index (κ1) is 10.8. The van der Waals surface area contributed by atoms with Gasteiger partial charge in [-0.1, -0.05) is 42.5 Å². The van der Waals surface area contributed by atoms with Crippen LogP contribution in [0.15, 0.2) is 54.6 Å². The lowest BCUT2D eigenvalue weighted by Crippen LogP contribution is -2.01. The number of aliphatic hydroxyl groups is 1. The fourth-order valence-electron chi connectivity index (χ4n) is 1.64. The van der Waals surface area contributed by atoms with Gasteiger partial charge in [0.15, 0.2) is 0 Å². The minimum atomic E-state index is -0.581. The van der Waals surface area contributed by atoms with E-state index in [0.717, 1.165) is 11.1 Å². The molecule has 0 radical (unpaired) electrons. The Morgan fingerprint density at radius 1 is 0.938 bits per heavy atom. The minimum Gasteiger partial charge on any atom is -0.388 e. The number of aliphatic hydroxyl groups excluding tert-OH is 1. The minimum absolute atomic E-state index is 0.282. The van der Waals surface area contributed by atoms with Gasteiger partial charge in [-0.25, -0.2) is 4.39 Å². The summed E-state index contributed by atoms with van der Waals surface area (Å²) in [7, 11) is 0. The molecular weight excluding hydrogens is 203 g/mol. The summed E-state index contributed by atoms with van der Waals surface area (Å²) >= 11 is 0. The van der Waals surface area contributed by atoms with E-state index in [9.17, 15) is 9.50 Å². The van der Waals surface area contributed by atoms with Crippen molar-refractivity contribution < 1.29 is 9.50 Å². The van der Waals surface area contributed by atoms with Gasteiger partial charge in [0.25, 0.3) is 0 Å². The molecule has 16 heavy (non-hydrogen) atoms. The van der Waals surface area contributed by atoms with Crippen molar-refractivity contribution in [3.8, 4) is 0 Å². The molecular formula is C14H13FO. The number of hydrogen-bond acceptors (Lipinski definition) is 1. The molecule has 2 aromatic rings. The Labute approximate surface area is 94.2 Å². The number of benzene rings is 2. The van der Waals surface area contributed by atoms with E-state index in [4.69, 9.17) is 0 Å². The van der Waals surface area contributed by atoms with Gasteiger partial charge < -0.3 is 5.11 Å². The Kier molecular flexibility index (Phi) is 3.32. The summed E-state index contributed by atoms with van der Waals surface area (Å²) < 4.78 is 12.7. The Balaban J connectivity index is 2.09. The first-order valence-corrected chi connectivity index (χ1v) is 5.23. The number of rotatable bonds is 3. The fourth-order valence-corrected chi connectivity index (χ4v) is 1.64. The second-order valence-corrected chi connectivity index (χ2v) is 3.76. The highest BCUT2D eigenvalue weighted by Gasteiger charge is 2.07. The molecule has 82 valence electrons. The van der Waals surface area contributed by atoms with Crippen LogP contribution in [-0.2, 0) is 6.42 Å². The van der Waals surface area contributed by atoms with Crippen LogP contribution in [0.4, 0.5) is 4.39 Å². The van der Waals surface area contributed by atoms with Crippen molar-refractivity contribution >= 4 is 0 Å². The predicted molar refractivity (Wildman–Crippen MR) is 61.5 cm³/mol. The van der Waals surface area contributed by atoms with Crippen molar-refractivity contribution in [2.75, 3.05) is 0 Å². The van der Waals surface area contributed by atoms with Crippen LogP contribution in [-0.4, -0.2) is 5.11 Å². The average molecular weight is 216 g/mol. The highest BCUT2D eigenvalue weighted by atomic mass is 19.1. The quantitative estimate of drug-likeness (QED) is 0.835. The van der Waals surface area contributed by atoms with Gasteiger partial charge in [-0.3, -0.25) is 0 Å². The van der Waals surface area contributed by atoms with Crippen molar-refractivity contribution in [2.45, 2.75) is 12.5 Å². The Bertz CT molecular complexity index is 436. The second-order valence-electron chi connectivity index (χ2n) is 3.76. The van der Waals surface area contributed by atoms with Crippen LogP contribution in [0.5, 0.6) is 0 Å². The standard InChI is InChI=1S/C14H13FO/c15-13-8-6-12(7-9-13)14(16)10-11-4-2-1-3-5-11/h1-9,14,16H,10H2/t14-/m1/s1. The van der Waals surface area contributed by atoms with Crippen LogP contribution in [0.3, 0.4) is 0 Å². The first-order valence-electron chi connectivity index (χ1n) is 5.23. The third kappa shape index (κ3) is 2.67. The topological polar surface area (TPSA) is 20.2 Å². The van der Waals surface area contributed by atoms with Crippen LogP contribution in [0, 0.1) is 5.82 Å². The van der Waals surface area contributed by atoms with Gasteiger partial charge in [0.2, 0.25) is 0 Å². The molecule has 0 amide bonds. The Morgan fingerprint density at radius 2 is 1.56 bits per heavy atom. The van der Waals surface area contributed by atoms with Gasteiger partial charge in [0, 0.05) is 6.42 Å². The first-order chi connectivity index (χ1) is 7.75.